The minimum Gasteiger partial charge on any atom is -0.497 e. The molecule has 6 nitrogen and oxygen atoms in total. The summed E-state index contributed by atoms with van der Waals surface area (Å²) in [6.07, 6.45) is 1.04. The topological polar surface area (TPSA) is 68.0 Å². The van der Waals surface area contributed by atoms with Crippen molar-refractivity contribution in [3.05, 3.63) is 23.8 Å². The van der Waals surface area contributed by atoms with Gasteiger partial charge in [-0.2, -0.15) is 0 Å². The summed E-state index contributed by atoms with van der Waals surface area (Å²) in [5.41, 5.74) is 6.08. The van der Waals surface area contributed by atoms with E-state index in [1.54, 1.807) is 25.3 Å². The van der Waals surface area contributed by atoms with Gasteiger partial charge >= 0.3 is 0 Å². The van der Waals surface area contributed by atoms with E-state index in [1.807, 2.05) is 4.90 Å². The molecule has 1 saturated heterocycles. The van der Waals surface area contributed by atoms with E-state index >= 15 is 0 Å². The fourth-order valence-electron chi connectivity index (χ4n) is 2.95. The van der Waals surface area contributed by atoms with Crippen LogP contribution in [0.4, 0.5) is 0 Å². The molecular weight excluding hydrogens is 294 g/mol. The number of hydrogen-bond acceptors (Lipinski definition) is 5. The van der Waals surface area contributed by atoms with Crippen LogP contribution < -0.4 is 15.2 Å². The van der Waals surface area contributed by atoms with Gasteiger partial charge in [0.25, 0.3) is 5.91 Å². The number of methoxy groups -OCH3 is 1. The molecule has 23 heavy (non-hydrogen) atoms. The molecule has 1 atom stereocenters. The Morgan fingerprint density at radius 3 is 2.87 bits per heavy atom. The van der Waals surface area contributed by atoms with Crippen LogP contribution in [0, 0.1) is 5.92 Å². The number of likely N-dealkylation sites (tertiary alicyclic amines) is 1. The quantitative estimate of drug-likeness (QED) is 0.813. The van der Waals surface area contributed by atoms with Crippen molar-refractivity contribution in [2.45, 2.75) is 6.42 Å². The average Bonchev–Trinajstić information content (AvgIpc) is 2.99. The third-order valence-electron chi connectivity index (χ3n) is 3.99. The Morgan fingerprint density at radius 2 is 2.22 bits per heavy atom. The first-order valence-corrected chi connectivity index (χ1v) is 8.00. The van der Waals surface area contributed by atoms with Crippen molar-refractivity contribution in [3.63, 3.8) is 0 Å². The van der Waals surface area contributed by atoms with Gasteiger partial charge in [-0.3, -0.25) is 4.79 Å². The molecule has 1 aromatic carbocycles. The van der Waals surface area contributed by atoms with Gasteiger partial charge in [0.05, 0.1) is 12.7 Å². The molecule has 1 aromatic rings. The number of nitrogens with two attached hydrogens (primary N) is 1. The maximum Gasteiger partial charge on any atom is 0.257 e. The first kappa shape index (κ1) is 17.6. The predicted molar refractivity (Wildman–Crippen MR) is 90.1 cm³/mol. The molecule has 1 aliphatic rings. The number of rotatable bonds is 7. The number of carbonyl (C=O) groups excluding carboxylic acids is 1. The zero-order valence-electron chi connectivity index (χ0n) is 14.2. The second-order valence-electron chi connectivity index (χ2n) is 6.17. The van der Waals surface area contributed by atoms with E-state index in [0.29, 0.717) is 36.1 Å². The zero-order chi connectivity index (χ0) is 16.8. The first-order chi connectivity index (χ1) is 11.0. The molecule has 2 N–H and O–H groups in total. The van der Waals surface area contributed by atoms with Crippen LogP contribution in [0.3, 0.4) is 0 Å². The predicted octanol–water partition coefficient (Wildman–Crippen LogP) is 1.06. The van der Waals surface area contributed by atoms with Crippen molar-refractivity contribution < 1.29 is 14.3 Å². The van der Waals surface area contributed by atoms with E-state index in [-0.39, 0.29) is 5.91 Å². The summed E-state index contributed by atoms with van der Waals surface area (Å²) in [6, 6.07) is 5.30. The molecule has 0 radical (unpaired) electrons. The fourth-order valence-corrected chi connectivity index (χ4v) is 2.95. The van der Waals surface area contributed by atoms with Crippen LogP contribution in [0.25, 0.3) is 0 Å². The van der Waals surface area contributed by atoms with Crippen LogP contribution in [0.15, 0.2) is 18.2 Å². The second kappa shape index (κ2) is 8.17. The lowest BCUT2D eigenvalue weighted by Crippen LogP contribution is -2.31. The highest BCUT2D eigenvalue weighted by molar-refractivity contribution is 5.97. The van der Waals surface area contributed by atoms with Crippen LogP contribution in [0.1, 0.15) is 16.8 Å². The summed E-state index contributed by atoms with van der Waals surface area (Å²) in [6.45, 7) is 3.36. The highest BCUT2D eigenvalue weighted by Crippen LogP contribution is 2.28. The van der Waals surface area contributed by atoms with Crippen molar-refractivity contribution in [2.75, 3.05) is 54.0 Å². The van der Waals surface area contributed by atoms with Gasteiger partial charge in [0.1, 0.15) is 18.1 Å². The van der Waals surface area contributed by atoms with Crippen molar-refractivity contribution in [1.82, 2.24) is 9.80 Å². The van der Waals surface area contributed by atoms with E-state index in [1.165, 1.54) is 0 Å². The molecule has 0 spiro atoms. The number of ether oxygens (including phenoxy) is 2. The summed E-state index contributed by atoms with van der Waals surface area (Å²) in [4.78, 5) is 16.9. The fraction of sp³-hybridized carbons (Fsp3) is 0.588. The Hall–Kier alpha value is -1.79. The maximum absolute atomic E-state index is 12.8. The van der Waals surface area contributed by atoms with E-state index < -0.39 is 0 Å². The van der Waals surface area contributed by atoms with Crippen molar-refractivity contribution in [1.29, 1.82) is 0 Å². The number of hydrogen-bond donors (Lipinski definition) is 1. The molecule has 1 heterocycles. The van der Waals surface area contributed by atoms with Gasteiger partial charge in [0.2, 0.25) is 0 Å². The number of benzene rings is 1. The van der Waals surface area contributed by atoms with Crippen LogP contribution in [-0.2, 0) is 0 Å². The molecule has 2 rings (SSSR count). The van der Waals surface area contributed by atoms with Gasteiger partial charge in [-0.05, 0) is 38.6 Å². The summed E-state index contributed by atoms with van der Waals surface area (Å²) in [5, 5.41) is 0. The monoisotopic (exact) mass is 321 g/mol. The van der Waals surface area contributed by atoms with Crippen LogP contribution >= 0.6 is 0 Å². The molecule has 6 heteroatoms. The van der Waals surface area contributed by atoms with Crippen molar-refractivity contribution >= 4 is 5.91 Å². The number of nitrogens with zero attached hydrogens (tertiary/aromatic N) is 2. The lowest BCUT2D eigenvalue weighted by Gasteiger charge is -2.20. The molecule has 128 valence electrons. The van der Waals surface area contributed by atoms with Crippen molar-refractivity contribution in [2.24, 2.45) is 11.7 Å². The molecule has 0 saturated carbocycles. The minimum atomic E-state index is 0.0148. The number of amides is 1. The van der Waals surface area contributed by atoms with E-state index in [2.05, 4.69) is 19.0 Å². The molecule has 1 fully saturated rings. The largest absolute Gasteiger partial charge is 0.497 e. The minimum absolute atomic E-state index is 0.0148. The summed E-state index contributed by atoms with van der Waals surface area (Å²) < 4.78 is 10.9. The van der Waals surface area contributed by atoms with Gasteiger partial charge in [0, 0.05) is 32.2 Å². The van der Waals surface area contributed by atoms with Gasteiger partial charge in [-0.1, -0.05) is 0 Å². The second-order valence-corrected chi connectivity index (χ2v) is 6.17. The van der Waals surface area contributed by atoms with Gasteiger partial charge in [-0.15, -0.1) is 0 Å². The first-order valence-electron chi connectivity index (χ1n) is 8.00. The van der Waals surface area contributed by atoms with Crippen LogP contribution in [0.2, 0.25) is 0 Å². The Morgan fingerprint density at radius 1 is 1.43 bits per heavy atom. The van der Waals surface area contributed by atoms with Gasteiger partial charge in [-0.25, -0.2) is 0 Å². The van der Waals surface area contributed by atoms with Crippen LogP contribution in [-0.4, -0.2) is 69.7 Å². The SMILES string of the molecule is COc1ccc(C(=O)N2CC[C@@H](CN(C)C)C2)c(OCCN)c1. The highest BCUT2D eigenvalue weighted by Gasteiger charge is 2.28. The molecule has 0 aliphatic carbocycles. The zero-order valence-corrected chi connectivity index (χ0v) is 14.2. The van der Waals surface area contributed by atoms with Crippen LogP contribution in [0.5, 0.6) is 11.5 Å². The Labute approximate surface area is 138 Å². The molecule has 0 bridgehead atoms. The average molecular weight is 321 g/mol. The van der Waals surface area contributed by atoms with Gasteiger partial charge < -0.3 is 25.0 Å². The van der Waals surface area contributed by atoms with E-state index in [0.717, 1.165) is 26.1 Å². The Bertz CT molecular complexity index is 534. The third-order valence-corrected chi connectivity index (χ3v) is 3.99. The standard InChI is InChI=1S/C17H27N3O3/c1-19(2)11-13-6-8-20(12-13)17(21)15-5-4-14(22-3)10-16(15)23-9-7-18/h4-5,10,13H,6-9,11-12,18H2,1-3H3/t13-/m0/s1. The van der Waals surface area contributed by atoms with E-state index in [9.17, 15) is 4.79 Å². The Balaban J connectivity index is 2.12. The number of carbonyl (C=O) groups is 1. The van der Waals surface area contributed by atoms with E-state index in [4.69, 9.17) is 15.2 Å². The van der Waals surface area contributed by atoms with Crippen molar-refractivity contribution in [3.8, 4) is 11.5 Å². The molecular formula is C17H27N3O3. The highest BCUT2D eigenvalue weighted by atomic mass is 16.5. The molecule has 0 aromatic heterocycles. The Kier molecular flexibility index (Phi) is 6.24. The summed E-state index contributed by atoms with van der Waals surface area (Å²) in [5.74, 6) is 1.75. The normalized spacial score (nSPS) is 17.6. The lowest BCUT2D eigenvalue weighted by molar-refractivity contribution is 0.0780. The molecule has 0 unspecified atom stereocenters. The molecule has 1 aliphatic heterocycles. The smallest absolute Gasteiger partial charge is 0.257 e. The third kappa shape index (κ3) is 4.59. The van der Waals surface area contributed by atoms with Gasteiger partial charge in [0.15, 0.2) is 0 Å². The summed E-state index contributed by atoms with van der Waals surface area (Å²) >= 11 is 0. The lowest BCUT2D eigenvalue weighted by atomic mass is 10.1. The summed E-state index contributed by atoms with van der Waals surface area (Å²) in [7, 11) is 5.72. The maximum atomic E-state index is 12.8. The molecule has 1 amide bonds.